The molecule has 2 nitrogen and oxygen atoms in total. The summed E-state index contributed by atoms with van der Waals surface area (Å²) in [7, 11) is 0. The van der Waals surface area contributed by atoms with Crippen LogP contribution in [0.3, 0.4) is 0 Å². The molecule has 0 fully saturated rings. The van der Waals surface area contributed by atoms with Gasteiger partial charge in [-0.3, -0.25) is 0 Å². The van der Waals surface area contributed by atoms with Crippen LogP contribution in [-0.4, -0.2) is 6.61 Å². The second-order valence-corrected chi connectivity index (χ2v) is 1.21. The van der Waals surface area contributed by atoms with Gasteiger partial charge in [0.25, 0.3) is 0 Å². The zero-order valence-corrected chi connectivity index (χ0v) is 4.77. The predicted molar refractivity (Wildman–Crippen MR) is 29.6 cm³/mol. The summed E-state index contributed by atoms with van der Waals surface area (Å²) in [5.41, 5.74) is 5.07. The van der Waals surface area contributed by atoms with Crippen LogP contribution in [0, 0.1) is 0 Å². The van der Waals surface area contributed by atoms with Gasteiger partial charge in [-0.25, -0.2) is 0 Å². The Hall–Kier alpha value is -0.660. The largest absolute Gasteiger partial charge is 0.497 e. The molecule has 2 heteroatoms. The van der Waals surface area contributed by atoms with Crippen LogP contribution in [0.2, 0.25) is 0 Å². The third-order valence-corrected chi connectivity index (χ3v) is 0.607. The molecular weight excluding hydrogens is 90.1 g/mol. The fourth-order valence-corrected chi connectivity index (χ4v) is 0.276. The molecule has 0 heterocycles. The van der Waals surface area contributed by atoms with E-state index in [2.05, 4.69) is 0 Å². The standard InChI is InChI=1S/C5H11NO/c1-3-7-5(2)4-6/h4H,3,6H2,1-2H3/b5-4+. The van der Waals surface area contributed by atoms with Crippen molar-refractivity contribution >= 4 is 0 Å². The average Bonchev–Trinajstić information content (AvgIpc) is 1.68. The molecule has 0 atom stereocenters. The topological polar surface area (TPSA) is 35.2 Å². The Bertz CT molecular complexity index is 68.5. The Morgan fingerprint density at radius 1 is 1.86 bits per heavy atom. The summed E-state index contributed by atoms with van der Waals surface area (Å²) in [6, 6.07) is 0. The van der Waals surface area contributed by atoms with Crippen molar-refractivity contribution in [3.05, 3.63) is 12.0 Å². The number of rotatable bonds is 2. The maximum absolute atomic E-state index is 5.07. The molecule has 0 bridgehead atoms. The SMILES string of the molecule is CCO/C(C)=C/N. The summed E-state index contributed by atoms with van der Waals surface area (Å²) < 4.78 is 4.93. The van der Waals surface area contributed by atoms with Crippen molar-refractivity contribution in [3.8, 4) is 0 Å². The maximum atomic E-state index is 5.07. The maximum Gasteiger partial charge on any atom is 0.108 e. The molecule has 0 spiro atoms. The fourth-order valence-electron chi connectivity index (χ4n) is 0.276. The molecule has 0 unspecified atom stereocenters. The minimum Gasteiger partial charge on any atom is -0.497 e. The van der Waals surface area contributed by atoms with Crippen LogP contribution in [0.15, 0.2) is 12.0 Å². The molecule has 0 saturated heterocycles. The third kappa shape index (κ3) is 3.16. The fraction of sp³-hybridized carbons (Fsp3) is 0.600. The van der Waals surface area contributed by atoms with Crippen molar-refractivity contribution in [1.29, 1.82) is 0 Å². The van der Waals surface area contributed by atoms with Crippen LogP contribution in [0.5, 0.6) is 0 Å². The smallest absolute Gasteiger partial charge is 0.108 e. The lowest BCUT2D eigenvalue weighted by Crippen LogP contribution is -1.89. The third-order valence-electron chi connectivity index (χ3n) is 0.607. The van der Waals surface area contributed by atoms with Gasteiger partial charge in [0.05, 0.1) is 6.61 Å². The molecule has 0 rings (SSSR count). The van der Waals surface area contributed by atoms with Crippen LogP contribution in [0.4, 0.5) is 0 Å². The highest BCUT2D eigenvalue weighted by molar-refractivity contribution is 4.82. The van der Waals surface area contributed by atoms with Crippen molar-refractivity contribution in [2.75, 3.05) is 6.61 Å². The van der Waals surface area contributed by atoms with E-state index in [0.29, 0.717) is 6.61 Å². The Kier molecular flexibility index (Phi) is 3.19. The van der Waals surface area contributed by atoms with Crippen LogP contribution < -0.4 is 5.73 Å². The van der Waals surface area contributed by atoms with Crippen LogP contribution in [0.1, 0.15) is 13.8 Å². The number of ether oxygens (including phenoxy) is 1. The highest BCUT2D eigenvalue weighted by atomic mass is 16.5. The minimum atomic E-state index is 0.694. The van der Waals surface area contributed by atoms with Crippen molar-refractivity contribution in [3.63, 3.8) is 0 Å². The van der Waals surface area contributed by atoms with Gasteiger partial charge >= 0.3 is 0 Å². The summed E-state index contributed by atoms with van der Waals surface area (Å²) in [4.78, 5) is 0. The first-order valence-corrected chi connectivity index (χ1v) is 2.32. The molecule has 0 aliphatic heterocycles. The minimum absolute atomic E-state index is 0.694. The molecule has 7 heavy (non-hydrogen) atoms. The summed E-state index contributed by atoms with van der Waals surface area (Å²) >= 11 is 0. The number of allylic oxidation sites excluding steroid dienone is 1. The molecule has 0 radical (unpaired) electrons. The van der Waals surface area contributed by atoms with Gasteiger partial charge in [0.15, 0.2) is 0 Å². The first-order valence-electron chi connectivity index (χ1n) is 2.32. The van der Waals surface area contributed by atoms with Gasteiger partial charge in [-0.15, -0.1) is 0 Å². The Morgan fingerprint density at radius 2 is 2.43 bits per heavy atom. The zero-order chi connectivity index (χ0) is 5.70. The molecule has 0 aliphatic carbocycles. The summed E-state index contributed by atoms with van der Waals surface area (Å²) in [5, 5.41) is 0. The van der Waals surface area contributed by atoms with Gasteiger partial charge in [0.2, 0.25) is 0 Å². The normalized spacial score (nSPS) is 11.4. The van der Waals surface area contributed by atoms with Gasteiger partial charge in [-0.05, 0) is 13.8 Å². The second-order valence-electron chi connectivity index (χ2n) is 1.21. The molecule has 2 N–H and O–H groups in total. The van der Waals surface area contributed by atoms with E-state index in [1.54, 1.807) is 0 Å². The lowest BCUT2D eigenvalue weighted by Gasteiger charge is -1.97. The van der Waals surface area contributed by atoms with E-state index >= 15 is 0 Å². The summed E-state index contributed by atoms with van der Waals surface area (Å²) in [6.45, 7) is 4.44. The first kappa shape index (κ1) is 6.34. The van der Waals surface area contributed by atoms with E-state index in [1.807, 2.05) is 13.8 Å². The van der Waals surface area contributed by atoms with E-state index in [9.17, 15) is 0 Å². The molecule has 0 amide bonds. The highest BCUT2D eigenvalue weighted by Gasteiger charge is 1.78. The number of hydrogen-bond acceptors (Lipinski definition) is 2. The van der Waals surface area contributed by atoms with E-state index in [-0.39, 0.29) is 0 Å². The second kappa shape index (κ2) is 3.53. The monoisotopic (exact) mass is 101 g/mol. The van der Waals surface area contributed by atoms with Crippen molar-refractivity contribution in [2.24, 2.45) is 5.73 Å². The van der Waals surface area contributed by atoms with E-state index < -0.39 is 0 Å². The van der Waals surface area contributed by atoms with Gasteiger partial charge in [0, 0.05) is 6.20 Å². The van der Waals surface area contributed by atoms with Crippen LogP contribution >= 0.6 is 0 Å². The molecule has 0 aliphatic rings. The van der Waals surface area contributed by atoms with E-state index in [0.717, 1.165) is 5.76 Å². The first-order chi connectivity index (χ1) is 3.31. The van der Waals surface area contributed by atoms with Crippen LogP contribution in [-0.2, 0) is 4.74 Å². The van der Waals surface area contributed by atoms with Gasteiger partial charge in [0.1, 0.15) is 5.76 Å². The van der Waals surface area contributed by atoms with Crippen LogP contribution in [0.25, 0.3) is 0 Å². The Balaban J connectivity index is 3.17. The quantitative estimate of drug-likeness (QED) is 0.523. The molecule has 0 saturated carbocycles. The average molecular weight is 101 g/mol. The lowest BCUT2D eigenvalue weighted by atomic mass is 10.6. The number of nitrogens with two attached hydrogens (primary N) is 1. The van der Waals surface area contributed by atoms with Crippen molar-refractivity contribution in [2.45, 2.75) is 13.8 Å². The predicted octanol–water partition coefficient (Wildman–Crippen LogP) is 0.843. The van der Waals surface area contributed by atoms with Gasteiger partial charge in [-0.2, -0.15) is 0 Å². The lowest BCUT2D eigenvalue weighted by molar-refractivity contribution is 0.230. The molecule has 0 aromatic heterocycles. The summed E-state index contributed by atoms with van der Waals surface area (Å²) in [5.74, 6) is 0.780. The van der Waals surface area contributed by atoms with E-state index in [1.165, 1.54) is 6.20 Å². The van der Waals surface area contributed by atoms with Crippen molar-refractivity contribution in [1.82, 2.24) is 0 Å². The number of hydrogen-bond donors (Lipinski definition) is 1. The molecular formula is C5H11NO. The summed E-state index contributed by atoms with van der Waals surface area (Å²) in [6.07, 6.45) is 1.45. The van der Waals surface area contributed by atoms with Gasteiger partial charge in [-0.1, -0.05) is 0 Å². The molecule has 0 aromatic rings. The Labute approximate surface area is 44.0 Å². The molecule has 0 aromatic carbocycles. The zero-order valence-electron chi connectivity index (χ0n) is 4.77. The highest BCUT2D eigenvalue weighted by Crippen LogP contribution is 1.88. The Morgan fingerprint density at radius 3 is 2.57 bits per heavy atom. The molecule has 42 valence electrons. The van der Waals surface area contributed by atoms with Gasteiger partial charge < -0.3 is 10.5 Å². The van der Waals surface area contributed by atoms with Crippen molar-refractivity contribution < 1.29 is 4.74 Å². The van der Waals surface area contributed by atoms with E-state index in [4.69, 9.17) is 10.5 Å².